The van der Waals surface area contributed by atoms with Gasteiger partial charge in [0.15, 0.2) is 5.96 Å². The first kappa shape index (κ1) is 17.3. The normalized spacial score (nSPS) is 21.4. The van der Waals surface area contributed by atoms with Crippen LogP contribution in [0.25, 0.3) is 0 Å². The number of piperidine rings is 1. The number of unbranched alkanes of at least 4 members (excludes halogenated alkanes) is 1. The van der Waals surface area contributed by atoms with Crippen LogP contribution in [0.5, 0.6) is 0 Å². The maximum absolute atomic E-state index is 5.83. The van der Waals surface area contributed by atoms with Gasteiger partial charge in [0.2, 0.25) is 0 Å². The summed E-state index contributed by atoms with van der Waals surface area (Å²) >= 11 is 0. The minimum Gasteiger partial charge on any atom is -0.370 e. The van der Waals surface area contributed by atoms with Crippen molar-refractivity contribution >= 4 is 5.96 Å². The van der Waals surface area contributed by atoms with E-state index in [-0.39, 0.29) is 0 Å². The second kappa shape index (κ2) is 10.0. The Morgan fingerprint density at radius 2 is 2.20 bits per heavy atom. The third-order valence-electron chi connectivity index (χ3n) is 3.93. The zero-order valence-corrected chi connectivity index (χ0v) is 13.7. The molecule has 118 valence electrons. The molecule has 20 heavy (non-hydrogen) atoms. The van der Waals surface area contributed by atoms with E-state index in [2.05, 4.69) is 36.0 Å². The van der Waals surface area contributed by atoms with Crippen LogP contribution in [0.1, 0.15) is 52.9 Å². The van der Waals surface area contributed by atoms with Crippen LogP contribution in [0.15, 0.2) is 4.99 Å². The summed E-state index contributed by atoms with van der Waals surface area (Å²) in [5, 5.41) is 3.18. The Morgan fingerprint density at radius 1 is 1.40 bits per heavy atom. The molecule has 4 heteroatoms. The van der Waals surface area contributed by atoms with Crippen molar-refractivity contribution in [2.24, 2.45) is 22.6 Å². The van der Waals surface area contributed by atoms with Crippen LogP contribution in [0, 0.1) is 11.8 Å². The molecule has 1 saturated heterocycles. The van der Waals surface area contributed by atoms with Crippen molar-refractivity contribution in [3.8, 4) is 0 Å². The molecule has 0 spiro atoms. The molecule has 3 N–H and O–H groups in total. The van der Waals surface area contributed by atoms with Gasteiger partial charge in [-0.2, -0.15) is 0 Å². The molecule has 0 aliphatic carbocycles. The van der Waals surface area contributed by atoms with Crippen LogP contribution < -0.4 is 11.1 Å². The van der Waals surface area contributed by atoms with E-state index in [1.165, 1.54) is 38.9 Å². The number of guanidine groups is 1. The molecule has 1 heterocycles. The Labute approximate surface area is 125 Å². The third kappa shape index (κ3) is 8.41. The number of hydrogen-bond acceptors (Lipinski definition) is 2. The average molecular weight is 282 g/mol. The number of likely N-dealkylation sites (tertiary alicyclic amines) is 1. The molecule has 0 bridgehead atoms. The maximum atomic E-state index is 5.83. The monoisotopic (exact) mass is 282 g/mol. The van der Waals surface area contributed by atoms with E-state index < -0.39 is 0 Å². The standard InChI is InChI=1S/C16H34N4/c1-14(2)8-10-19-16(17)18-9-4-5-11-20-12-6-7-15(3)13-20/h14-15H,4-13H2,1-3H3,(H3,17,18,19). The van der Waals surface area contributed by atoms with Crippen LogP contribution in [0.4, 0.5) is 0 Å². The highest BCUT2D eigenvalue weighted by Crippen LogP contribution is 2.15. The molecule has 1 rings (SSSR count). The second-order valence-corrected chi connectivity index (χ2v) is 6.63. The molecule has 0 saturated carbocycles. The molecule has 1 unspecified atom stereocenters. The van der Waals surface area contributed by atoms with Gasteiger partial charge in [0.05, 0.1) is 0 Å². The quantitative estimate of drug-likeness (QED) is 0.408. The van der Waals surface area contributed by atoms with Crippen LogP contribution in [-0.4, -0.2) is 43.6 Å². The highest BCUT2D eigenvalue weighted by molar-refractivity contribution is 5.77. The van der Waals surface area contributed by atoms with Gasteiger partial charge in [-0.05, 0) is 57.0 Å². The molecule has 0 radical (unpaired) electrons. The predicted octanol–water partition coefficient (Wildman–Crippen LogP) is 2.45. The smallest absolute Gasteiger partial charge is 0.188 e. The Balaban J connectivity index is 2.00. The van der Waals surface area contributed by atoms with Gasteiger partial charge >= 0.3 is 0 Å². The average Bonchev–Trinajstić information content (AvgIpc) is 2.38. The minimum atomic E-state index is 0.609. The summed E-state index contributed by atoms with van der Waals surface area (Å²) in [5.74, 6) is 2.20. The number of nitrogens with zero attached hydrogens (tertiary/aromatic N) is 2. The third-order valence-corrected chi connectivity index (χ3v) is 3.93. The first-order chi connectivity index (χ1) is 9.58. The first-order valence-electron chi connectivity index (χ1n) is 8.34. The number of nitrogens with two attached hydrogens (primary N) is 1. The molecule has 1 aliphatic rings. The molecule has 0 aromatic carbocycles. The van der Waals surface area contributed by atoms with Crippen LogP contribution in [-0.2, 0) is 0 Å². The van der Waals surface area contributed by atoms with E-state index in [0.29, 0.717) is 11.9 Å². The minimum absolute atomic E-state index is 0.609. The fourth-order valence-electron chi connectivity index (χ4n) is 2.68. The van der Waals surface area contributed by atoms with Crippen LogP contribution in [0.3, 0.4) is 0 Å². The lowest BCUT2D eigenvalue weighted by molar-refractivity contribution is 0.181. The van der Waals surface area contributed by atoms with E-state index in [1.54, 1.807) is 0 Å². The summed E-state index contributed by atoms with van der Waals surface area (Å²) in [6.07, 6.45) is 6.28. The van der Waals surface area contributed by atoms with Crippen molar-refractivity contribution in [3.05, 3.63) is 0 Å². The summed E-state index contributed by atoms with van der Waals surface area (Å²) < 4.78 is 0. The van der Waals surface area contributed by atoms with Crippen LogP contribution in [0.2, 0.25) is 0 Å². The van der Waals surface area contributed by atoms with Crippen molar-refractivity contribution < 1.29 is 0 Å². The number of rotatable bonds is 8. The van der Waals surface area contributed by atoms with E-state index in [0.717, 1.165) is 31.8 Å². The van der Waals surface area contributed by atoms with E-state index in [9.17, 15) is 0 Å². The highest BCUT2D eigenvalue weighted by atomic mass is 15.1. The first-order valence-corrected chi connectivity index (χ1v) is 8.34. The van der Waals surface area contributed by atoms with Crippen molar-refractivity contribution in [3.63, 3.8) is 0 Å². The van der Waals surface area contributed by atoms with Gasteiger partial charge in [-0.1, -0.05) is 20.8 Å². The number of nitrogens with one attached hydrogen (secondary N) is 1. The van der Waals surface area contributed by atoms with Crippen molar-refractivity contribution in [2.45, 2.75) is 52.9 Å². The molecule has 0 aromatic heterocycles. The second-order valence-electron chi connectivity index (χ2n) is 6.63. The fourth-order valence-corrected chi connectivity index (χ4v) is 2.68. The Kier molecular flexibility index (Phi) is 8.67. The van der Waals surface area contributed by atoms with Gasteiger partial charge < -0.3 is 16.0 Å². The SMILES string of the molecule is CC(C)CCNC(N)=NCCCCN1CCCC(C)C1. The Morgan fingerprint density at radius 3 is 2.90 bits per heavy atom. The molecule has 0 amide bonds. The lowest BCUT2D eigenvalue weighted by Gasteiger charge is -2.30. The molecule has 1 atom stereocenters. The largest absolute Gasteiger partial charge is 0.370 e. The van der Waals surface area contributed by atoms with Gasteiger partial charge in [0, 0.05) is 19.6 Å². The highest BCUT2D eigenvalue weighted by Gasteiger charge is 2.14. The number of aliphatic imine (C=N–C) groups is 1. The zero-order chi connectivity index (χ0) is 14.8. The summed E-state index contributed by atoms with van der Waals surface area (Å²) in [5.41, 5.74) is 5.83. The van der Waals surface area contributed by atoms with Crippen LogP contribution >= 0.6 is 0 Å². The topological polar surface area (TPSA) is 53.6 Å². The lowest BCUT2D eigenvalue weighted by atomic mass is 10.0. The summed E-state index contributed by atoms with van der Waals surface area (Å²) in [6, 6.07) is 0. The Hall–Kier alpha value is -0.770. The molecular weight excluding hydrogens is 248 g/mol. The predicted molar refractivity (Wildman–Crippen MR) is 88.0 cm³/mol. The fraction of sp³-hybridized carbons (Fsp3) is 0.938. The Bertz CT molecular complexity index is 276. The molecule has 1 aliphatic heterocycles. The molecule has 1 fully saturated rings. The summed E-state index contributed by atoms with van der Waals surface area (Å²) in [4.78, 5) is 6.98. The summed E-state index contributed by atoms with van der Waals surface area (Å²) in [7, 11) is 0. The zero-order valence-electron chi connectivity index (χ0n) is 13.7. The molecule has 4 nitrogen and oxygen atoms in total. The maximum Gasteiger partial charge on any atom is 0.188 e. The number of hydrogen-bond donors (Lipinski definition) is 2. The van der Waals surface area contributed by atoms with Gasteiger partial charge in [-0.25, -0.2) is 0 Å². The van der Waals surface area contributed by atoms with Gasteiger partial charge in [-0.15, -0.1) is 0 Å². The van der Waals surface area contributed by atoms with Crippen molar-refractivity contribution in [2.75, 3.05) is 32.7 Å². The van der Waals surface area contributed by atoms with E-state index in [4.69, 9.17) is 5.73 Å². The van der Waals surface area contributed by atoms with Gasteiger partial charge in [0.1, 0.15) is 0 Å². The lowest BCUT2D eigenvalue weighted by Crippen LogP contribution is -2.35. The molecular formula is C16H34N4. The molecule has 0 aromatic rings. The summed E-state index contributed by atoms with van der Waals surface area (Å²) in [6.45, 7) is 12.4. The van der Waals surface area contributed by atoms with Crippen molar-refractivity contribution in [1.29, 1.82) is 0 Å². The van der Waals surface area contributed by atoms with Crippen molar-refractivity contribution in [1.82, 2.24) is 10.2 Å². The van der Waals surface area contributed by atoms with E-state index >= 15 is 0 Å². The van der Waals surface area contributed by atoms with E-state index in [1.807, 2.05) is 0 Å². The van der Waals surface area contributed by atoms with Gasteiger partial charge in [0.25, 0.3) is 0 Å². The van der Waals surface area contributed by atoms with Gasteiger partial charge in [-0.3, -0.25) is 4.99 Å².